The van der Waals surface area contributed by atoms with E-state index in [4.69, 9.17) is 17.3 Å². The van der Waals surface area contributed by atoms with Crippen molar-refractivity contribution in [2.75, 3.05) is 0 Å². The van der Waals surface area contributed by atoms with E-state index in [1.165, 1.54) is 12.1 Å². The molecule has 84 valence electrons. The zero-order valence-corrected chi connectivity index (χ0v) is 9.89. The normalized spacial score (nSPS) is 13.2. The van der Waals surface area contributed by atoms with Crippen molar-refractivity contribution < 1.29 is 4.39 Å². The van der Waals surface area contributed by atoms with Gasteiger partial charge in [-0.05, 0) is 36.5 Å². The topological polar surface area (TPSA) is 26.0 Å². The van der Waals surface area contributed by atoms with E-state index in [1.807, 2.05) is 0 Å². The third-order valence-corrected chi connectivity index (χ3v) is 2.74. The molecule has 0 aliphatic carbocycles. The first-order chi connectivity index (χ1) is 7.00. The van der Waals surface area contributed by atoms with E-state index < -0.39 is 0 Å². The molecule has 0 unspecified atom stereocenters. The van der Waals surface area contributed by atoms with Crippen molar-refractivity contribution in [3.05, 3.63) is 34.6 Å². The molecule has 0 bridgehead atoms. The predicted molar refractivity (Wildman–Crippen MR) is 62.4 cm³/mol. The van der Waals surface area contributed by atoms with Crippen molar-refractivity contribution in [2.45, 2.75) is 32.7 Å². The van der Waals surface area contributed by atoms with Crippen LogP contribution < -0.4 is 5.73 Å². The van der Waals surface area contributed by atoms with E-state index in [9.17, 15) is 4.39 Å². The minimum absolute atomic E-state index is 0.0968. The van der Waals surface area contributed by atoms with Gasteiger partial charge in [-0.2, -0.15) is 0 Å². The Morgan fingerprint density at radius 2 is 2.00 bits per heavy atom. The third-order valence-electron chi connectivity index (χ3n) is 2.42. The Morgan fingerprint density at radius 3 is 2.53 bits per heavy atom. The summed E-state index contributed by atoms with van der Waals surface area (Å²) >= 11 is 5.92. The van der Waals surface area contributed by atoms with Crippen LogP contribution in [-0.4, -0.2) is 0 Å². The molecule has 2 N–H and O–H groups in total. The highest BCUT2D eigenvalue weighted by atomic mass is 35.5. The quantitative estimate of drug-likeness (QED) is 0.832. The molecule has 0 fully saturated rings. The van der Waals surface area contributed by atoms with Crippen molar-refractivity contribution in [2.24, 2.45) is 11.7 Å². The lowest BCUT2D eigenvalue weighted by Gasteiger charge is -2.14. The largest absolute Gasteiger partial charge is 0.324 e. The Balaban J connectivity index is 2.69. The highest BCUT2D eigenvalue weighted by Gasteiger charge is 2.11. The Labute approximate surface area is 95.4 Å². The molecule has 0 saturated heterocycles. The van der Waals surface area contributed by atoms with E-state index in [2.05, 4.69) is 13.8 Å². The molecule has 1 aromatic rings. The van der Waals surface area contributed by atoms with Gasteiger partial charge in [0, 0.05) is 11.1 Å². The number of nitrogens with two attached hydrogens (primary N) is 1. The van der Waals surface area contributed by atoms with Crippen LogP contribution in [0.2, 0.25) is 5.02 Å². The van der Waals surface area contributed by atoms with Gasteiger partial charge in [0.2, 0.25) is 0 Å². The third kappa shape index (κ3) is 3.80. The van der Waals surface area contributed by atoms with Gasteiger partial charge in [-0.25, -0.2) is 4.39 Å². The molecular weight excluding hydrogens is 213 g/mol. The first-order valence-corrected chi connectivity index (χ1v) is 5.59. The Morgan fingerprint density at radius 1 is 1.33 bits per heavy atom. The second-order valence-corrected chi connectivity index (χ2v) is 4.65. The summed E-state index contributed by atoms with van der Waals surface area (Å²) in [5, 5.41) is 0.422. The van der Waals surface area contributed by atoms with Crippen molar-refractivity contribution in [3.63, 3.8) is 0 Å². The van der Waals surface area contributed by atoms with Crippen LogP contribution in [0.1, 0.15) is 38.3 Å². The van der Waals surface area contributed by atoms with Crippen LogP contribution in [0.5, 0.6) is 0 Å². The van der Waals surface area contributed by atoms with Gasteiger partial charge in [-0.15, -0.1) is 0 Å². The molecule has 0 radical (unpaired) electrons. The minimum Gasteiger partial charge on any atom is -0.324 e. The van der Waals surface area contributed by atoms with E-state index in [1.54, 1.807) is 6.07 Å². The molecule has 0 saturated carbocycles. The van der Waals surface area contributed by atoms with Crippen molar-refractivity contribution in [1.82, 2.24) is 0 Å². The van der Waals surface area contributed by atoms with E-state index >= 15 is 0 Å². The molecule has 0 aliphatic rings. The van der Waals surface area contributed by atoms with E-state index in [-0.39, 0.29) is 11.9 Å². The zero-order chi connectivity index (χ0) is 11.4. The minimum atomic E-state index is -0.320. The molecule has 0 aromatic heterocycles. The number of hydrogen-bond donors (Lipinski definition) is 1. The fourth-order valence-corrected chi connectivity index (χ4v) is 1.78. The highest BCUT2D eigenvalue weighted by molar-refractivity contribution is 6.31. The number of hydrogen-bond acceptors (Lipinski definition) is 1. The van der Waals surface area contributed by atoms with Crippen LogP contribution in [0.15, 0.2) is 18.2 Å². The monoisotopic (exact) mass is 229 g/mol. The predicted octanol–water partition coefficient (Wildman–Crippen LogP) is 3.92. The summed E-state index contributed by atoms with van der Waals surface area (Å²) in [4.78, 5) is 0. The first-order valence-electron chi connectivity index (χ1n) is 5.21. The lowest BCUT2D eigenvalue weighted by Crippen LogP contribution is -2.11. The molecule has 0 heterocycles. The highest BCUT2D eigenvalue weighted by Crippen LogP contribution is 2.26. The summed E-state index contributed by atoms with van der Waals surface area (Å²) in [7, 11) is 0. The summed E-state index contributed by atoms with van der Waals surface area (Å²) in [6, 6.07) is 4.28. The molecule has 0 amide bonds. The summed E-state index contributed by atoms with van der Waals surface area (Å²) in [6.07, 6.45) is 1.93. The molecule has 15 heavy (non-hydrogen) atoms. The van der Waals surface area contributed by atoms with Crippen molar-refractivity contribution in [1.29, 1.82) is 0 Å². The van der Waals surface area contributed by atoms with Crippen LogP contribution in [0.25, 0.3) is 0 Å². The van der Waals surface area contributed by atoms with Gasteiger partial charge in [0.1, 0.15) is 5.82 Å². The van der Waals surface area contributed by atoms with Crippen molar-refractivity contribution >= 4 is 11.6 Å². The van der Waals surface area contributed by atoms with Crippen molar-refractivity contribution in [3.8, 4) is 0 Å². The number of benzene rings is 1. The smallest absolute Gasteiger partial charge is 0.124 e. The van der Waals surface area contributed by atoms with Crippen LogP contribution in [0.4, 0.5) is 4.39 Å². The molecular formula is C12H17ClFN. The second kappa shape index (κ2) is 5.47. The second-order valence-electron chi connectivity index (χ2n) is 4.24. The molecule has 3 heteroatoms. The summed E-state index contributed by atoms with van der Waals surface area (Å²) in [5.74, 6) is 0.301. The fourth-order valence-electron chi connectivity index (χ4n) is 1.47. The lowest BCUT2D eigenvalue weighted by atomic mass is 9.98. The maximum absolute atomic E-state index is 12.8. The van der Waals surface area contributed by atoms with Gasteiger partial charge >= 0.3 is 0 Å². The average molecular weight is 230 g/mol. The van der Waals surface area contributed by atoms with Gasteiger partial charge in [-0.1, -0.05) is 31.5 Å². The standard InChI is InChI=1S/C12H17ClFN/c1-8(2)3-6-12(15)10-5-4-9(14)7-11(10)13/h4-5,7-8,12H,3,6,15H2,1-2H3/t12-/m1/s1. The Bertz CT molecular complexity index is 325. The van der Waals surface area contributed by atoms with Crippen LogP contribution in [0.3, 0.4) is 0 Å². The van der Waals surface area contributed by atoms with Gasteiger partial charge in [0.05, 0.1) is 0 Å². The summed E-state index contributed by atoms with van der Waals surface area (Å²) < 4.78 is 12.8. The molecule has 1 rings (SSSR count). The first kappa shape index (κ1) is 12.5. The summed E-state index contributed by atoms with van der Waals surface area (Å²) in [6.45, 7) is 4.30. The van der Waals surface area contributed by atoms with Gasteiger partial charge in [-0.3, -0.25) is 0 Å². The van der Waals surface area contributed by atoms with E-state index in [0.29, 0.717) is 10.9 Å². The van der Waals surface area contributed by atoms with E-state index in [0.717, 1.165) is 18.4 Å². The molecule has 1 atom stereocenters. The maximum atomic E-state index is 12.8. The van der Waals surface area contributed by atoms with Crippen LogP contribution in [0, 0.1) is 11.7 Å². The number of halogens is 2. The van der Waals surface area contributed by atoms with Crippen LogP contribution in [-0.2, 0) is 0 Å². The SMILES string of the molecule is CC(C)CC[C@@H](N)c1ccc(F)cc1Cl. The Kier molecular flexibility index (Phi) is 4.55. The maximum Gasteiger partial charge on any atom is 0.124 e. The number of rotatable bonds is 4. The molecule has 0 aliphatic heterocycles. The fraction of sp³-hybridized carbons (Fsp3) is 0.500. The van der Waals surface area contributed by atoms with Gasteiger partial charge in [0.15, 0.2) is 0 Å². The summed E-state index contributed by atoms with van der Waals surface area (Å²) in [5.41, 5.74) is 6.82. The van der Waals surface area contributed by atoms with Gasteiger partial charge in [0.25, 0.3) is 0 Å². The van der Waals surface area contributed by atoms with Crippen LogP contribution >= 0.6 is 11.6 Å². The lowest BCUT2D eigenvalue weighted by molar-refractivity contribution is 0.506. The average Bonchev–Trinajstić information content (AvgIpc) is 2.14. The van der Waals surface area contributed by atoms with Gasteiger partial charge < -0.3 is 5.73 Å². The molecule has 1 nitrogen and oxygen atoms in total. The Hall–Kier alpha value is -0.600. The molecule has 1 aromatic carbocycles. The molecule has 0 spiro atoms. The zero-order valence-electron chi connectivity index (χ0n) is 9.13.